The second kappa shape index (κ2) is 6.10. The van der Waals surface area contributed by atoms with E-state index in [1.165, 1.54) is 0 Å². The molecule has 84 valence electrons. The quantitative estimate of drug-likeness (QED) is 0.888. The van der Waals surface area contributed by atoms with Gasteiger partial charge in [-0.25, -0.2) is 0 Å². The van der Waals surface area contributed by atoms with Crippen LogP contribution < -0.4 is 4.74 Å². The number of hydrogen-bond donors (Lipinski definition) is 1. The topological polar surface area (TPSA) is 32.7 Å². The molecule has 1 unspecified atom stereocenters. The van der Waals surface area contributed by atoms with E-state index in [1.807, 2.05) is 43.3 Å². The van der Waals surface area contributed by atoms with Gasteiger partial charge in [0.1, 0.15) is 18.5 Å². The summed E-state index contributed by atoms with van der Waals surface area (Å²) in [4.78, 5) is 1.92. The van der Waals surface area contributed by atoms with Crippen molar-refractivity contribution in [2.45, 2.75) is 6.10 Å². The highest BCUT2D eigenvalue weighted by atomic mass is 79.9. The van der Waals surface area contributed by atoms with Crippen LogP contribution in [0.5, 0.6) is 5.75 Å². The number of hydrogen-bond acceptors (Lipinski definition) is 3. The van der Waals surface area contributed by atoms with Crippen molar-refractivity contribution in [2.75, 3.05) is 27.2 Å². The number of para-hydroxylation sites is 1. The first-order chi connectivity index (χ1) is 7.09. The molecule has 0 saturated carbocycles. The van der Waals surface area contributed by atoms with Gasteiger partial charge in [0.05, 0.1) is 4.47 Å². The fraction of sp³-hybridized carbons (Fsp3) is 0.455. The normalized spacial score (nSPS) is 12.9. The lowest BCUT2D eigenvalue weighted by molar-refractivity contribution is 0.0828. The van der Waals surface area contributed by atoms with Crippen molar-refractivity contribution < 1.29 is 9.84 Å². The maximum absolute atomic E-state index is 9.59. The molecule has 0 saturated heterocycles. The van der Waals surface area contributed by atoms with Crippen molar-refractivity contribution in [3.8, 4) is 5.75 Å². The summed E-state index contributed by atoms with van der Waals surface area (Å²) >= 11 is 3.38. The highest BCUT2D eigenvalue weighted by Gasteiger charge is 2.07. The average Bonchev–Trinajstić information content (AvgIpc) is 2.15. The Bertz CT molecular complexity index is 304. The summed E-state index contributed by atoms with van der Waals surface area (Å²) < 4.78 is 6.38. The largest absolute Gasteiger partial charge is 0.490 e. The minimum absolute atomic E-state index is 0.306. The van der Waals surface area contributed by atoms with Gasteiger partial charge < -0.3 is 14.7 Å². The molecule has 1 aromatic carbocycles. The number of likely N-dealkylation sites (N-methyl/N-ethyl adjacent to an activating group) is 1. The van der Waals surface area contributed by atoms with Gasteiger partial charge in [-0.15, -0.1) is 0 Å². The average molecular weight is 274 g/mol. The number of nitrogens with zero attached hydrogens (tertiary/aromatic N) is 1. The molecule has 1 atom stereocenters. The van der Waals surface area contributed by atoms with Crippen LogP contribution in [0.2, 0.25) is 0 Å². The molecule has 0 fully saturated rings. The van der Waals surface area contributed by atoms with Crippen molar-refractivity contribution in [1.82, 2.24) is 4.90 Å². The fourth-order valence-corrected chi connectivity index (χ4v) is 1.62. The van der Waals surface area contributed by atoms with Crippen LogP contribution in [0.15, 0.2) is 28.7 Å². The Balaban J connectivity index is 2.40. The van der Waals surface area contributed by atoms with Gasteiger partial charge in [-0.1, -0.05) is 12.1 Å². The number of ether oxygens (including phenoxy) is 1. The molecule has 0 heterocycles. The predicted octanol–water partition coefficient (Wildman–Crippen LogP) is 1.75. The van der Waals surface area contributed by atoms with E-state index in [2.05, 4.69) is 15.9 Å². The predicted molar refractivity (Wildman–Crippen MR) is 64.2 cm³/mol. The molecule has 0 spiro atoms. The van der Waals surface area contributed by atoms with Crippen LogP contribution in [0.4, 0.5) is 0 Å². The zero-order valence-corrected chi connectivity index (χ0v) is 10.6. The Kier molecular flexibility index (Phi) is 5.08. The van der Waals surface area contributed by atoms with Gasteiger partial charge >= 0.3 is 0 Å². The standard InChI is InChI=1S/C11H16BrNO2/c1-13(2)7-9(14)8-15-11-6-4-3-5-10(11)12/h3-6,9,14H,7-8H2,1-2H3. The first-order valence-electron chi connectivity index (χ1n) is 4.79. The molecule has 0 bridgehead atoms. The van der Waals surface area contributed by atoms with E-state index < -0.39 is 6.10 Å². The van der Waals surface area contributed by atoms with Crippen molar-refractivity contribution >= 4 is 15.9 Å². The SMILES string of the molecule is CN(C)CC(O)COc1ccccc1Br. The molecule has 1 aromatic rings. The highest BCUT2D eigenvalue weighted by Crippen LogP contribution is 2.23. The van der Waals surface area contributed by atoms with Gasteiger partial charge in [0, 0.05) is 6.54 Å². The molecule has 0 aromatic heterocycles. The van der Waals surface area contributed by atoms with Gasteiger partial charge in [-0.2, -0.15) is 0 Å². The van der Waals surface area contributed by atoms with Gasteiger partial charge in [-0.05, 0) is 42.2 Å². The molecular formula is C11H16BrNO2. The molecule has 0 radical (unpaired) electrons. The smallest absolute Gasteiger partial charge is 0.133 e. The van der Waals surface area contributed by atoms with Gasteiger partial charge in [0.2, 0.25) is 0 Å². The van der Waals surface area contributed by atoms with Crippen molar-refractivity contribution in [2.24, 2.45) is 0 Å². The second-order valence-electron chi connectivity index (χ2n) is 3.66. The Morgan fingerprint density at radius 3 is 2.67 bits per heavy atom. The molecular weight excluding hydrogens is 258 g/mol. The van der Waals surface area contributed by atoms with Crippen LogP contribution in [0, 0.1) is 0 Å². The summed E-state index contributed by atoms with van der Waals surface area (Å²) in [6, 6.07) is 7.60. The molecule has 3 nitrogen and oxygen atoms in total. The van der Waals surface area contributed by atoms with Crippen LogP contribution in [0.1, 0.15) is 0 Å². The monoisotopic (exact) mass is 273 g/mol. The van der Waals surface area contributed by atoms with Crippen molar-refractivity contribution in [3.63, 3.8) is 0 Å². The van der Waals surface area contributed by atoms with E-state index in [9.17, 15) is 5.11 Å². The van der Waals surface area contributed by atoms with E-state index in [1.54, 1.807) is 0 Å². The summed E-state index contributed by atoms with van der Waals surface area (Å²) in [6.45, 7) is 0.908. The molecule has 0 aliphatic heterocycles. The minimum Gasteiger partial charge on any atom is -0.490 e. The van der Waals surface area contributed by atoms with E-state index >= 15 is 0 Å². The Morgan fingerprint density at radius 1 is 1.40 bits per heavy atom. The maximum Gasteiger partial charge on any atom is 0.133 e. The second-order valence-corrected chi connectivity index (χ2v) is 4.51. The number of halogens is 1. The summed E-state index contributed by atoms with van der Waals surface area (Å²) in [5, 5.41) is 9.59. The summed E-state index contributed by atoms with van der Waals surface area (Å²) in [6.07, 6.45) is -0.466. The van der Waals surface area contributed by atoms with E-state index in [-0.39, 0.29) is 0 Å². The number of aliphatic hydroxyl groups is 1. The molecule has 1 N–H and O–H groups in total. The number of benzene rings is 1. The first kappa shape index (κ1) is 12.5. The lowest BCUT2D eigenvalue weighted by Gasteiger charge is -2.16. The van der Waals surface area contributed by atoms with E-state index in [0.717, 1.165) is 10.2 Å². The summed E-state index contributed by atoms with van der Waals surface area (Å²) in [7, 11) is 3.84. The molecule has 0 aliphatic carbocycles. The Hall–Kier alpha value is -0.580. The van der Waals surface area contributed by atoms with E-state index in [4.69, 9.17) is 4.74 Å². The lowest BCUT2D eigenvalue weighted by atomic mass is 10.3. The fourth-order valence-electron chi connectivity index (χ4n) is 1.22. The molecule has 4 heteroatoms. The van der Waals surface area contributed by atoms with Gasteiger partial charge in [0.15, 0.2) is 0 Å². The number of aliphatic hydroxyl groups excluding tert-OH is 1. The van der Waals surface area contributed by atoms with Crippen molar-refractivity contribution in [3.05, 3.63) is 28.7 Å². The third-order valence-corrected chi connectivity index (χ3v) is 2.50. The molecule has 0 aliphatic rings. The van der Waals surface area contributed by atoms with Crippen LogP contribution in [0.25, 0.3) is 0 Å². The van der Waals surface area contributed by atoms with Gasteiger partial charge in [0.25, 0.3) is 0 Å². The third-order valence-electron chi connectivity index (χ3n) is 1.84. The third kappa shape index (κ3) is 4.64. The Morgan fingerprint density at radius 2 is 2.07 bits per heavy atom. The zero-order chi connectivity index (χ0) is 11.3. The molecule has 0 amide bonds. The van der Waals surface area contributed by atoms with Crippen LogP contribution in [-0.2, 0) is 0 Å². The minimum atomic E-state index is -0.466. The zero-order valence-electron chi connectivity index (χ0n) is 8.98. The first-order valence-corrected chi connectivity index (χ1v) is 5.59. The van der Waals surface area contributed by atoms with Crippen LogP contribution in [0.3, 0.4) is 0 Å². The number of rotatable bonds is 5. The maximum atomic E-state index is 9.59. The molecule has 1 rings (SSSR count). The van der Waals surface area contributed by atoms with Crippen molar-refractivity contribution in [1.29, 1.82) is 0 Å². The Labute approximate surface area is 98.8 Å². The highest BCUT2D eigenvalue weighted by molar-refractivity contribution is 9.10. The summed E-state index contributed by atoms with van der Waals surface area (Å²) in [5.74, 6) is 0.760. The molecule has 15 heavy (non-hydrogen) atoms. The lowest BCUT2D eigenvalue weighted by Crippen LogP contribution is -2.30. The van der Waals surface area contributed by atoms with E-state index in [0.29, 0.717) is 13.2 Å². The summed E-state index contributed by atoms with van der Waals surface area (Å²) in [5.41, 5.74) is 0. The van der Waals surface area contributed by atoms with Crippen LogP contribution >= 0.6 is 15.9 Å². The van der Waals surface area contributed by atoms with Crippen LogP contribution in [-0.4, -0.2) is 43.4 Å². The van der Waals surface area contributed by atoms with Gasteiger partial charge in [-0.3, -0.25) is 0 Å².